The van der Waals surface area contributed by atoms with Gasteiger partial charge in [0.1, 0.15) is 23.2 Å². The first kappa shape index (κ1) is 16.8. The monoisotopic (exact) mass is 374 g/mol. The molecule has 0 saturated carbocycles. The Labute approximate surface area is 153 Å². The Morgan fingerprint density at radius 1 is 1.38 bits per heavy atom. The second-order valence-corrected chi connectivity index (χ2v) is 8.47. The second kappa shape index (κ2) is 5.97. The predicted octanol–water partition coefficient (Wildman–Crippen LogP) is 0.742. The van der Waals surface area contributed by atoms with Crippen LogP contribution < -0.4 is 10.1 Å². The zero-order valence-electron chi connectivity index (χ0n) is 14.5. The maximum absolute atomic E-state index is 12.7. The van der Waals surface area contributed by atoms with Crippen LogP contribution >= 0.6 is 11.8 Å². The third kappa shape index (κ3) is 2.44. The van der Waals surface area contributed by atoms with Gasteiger partial charge in [0.05, 0.1) is 12.7 Å². The smallest absolute Gasteiger partial charge is 0.255 e. The average Bonchev–Trinajstić information content (AvgIpc) is 3.23. The summed E-state index contributed by atoms with van der Waals surface area (Å²) in [6, 6.07) is 6.08. The first-order chi connectivity index (χ1) is 12.4. The van der Waals surface area contributed by atoms with Crippen LogP contribution in [-0.4, -0.2) is 60.6 Å². The Balaban J connectivity index is 1.55. The van der Waals surface area contributed by atoms with E-state index in [1.54, 1.807) is 40.9 Å². The highest BCUT2D eigenvalue weighted by Gasteiger charge is 2.63. The lowest BCUT2D eigenvalue weighted by Gasteiger charge is -2.44. The molecule has 3 heterocycles. The molecule has 2 aliphatic heterocycles. The molecule has 2 aliphatic rings. The van der Waals surface area contributed by atoms with Gasteiger partial charge in [0, 0.05) is 4.75 Å². The Kier molecular flexibility index (Phi) is 3.87. The van der Waals surface area contributed by atoms with Crippen molar-refractivity contribution in [2.24, 2.45) is 0 Å². The van der Waals surface area contributed by atoms with Gasteiger partial charge in [-0.05, 0) is 36.4 Å². The number of hydrogen-bond acceptors (Lipinski definition) is 7. The van der Waals surface area contributed by atoms with Crippen molar-refractivity contribution in [3.05, 3.63) is 35.7 Å². The van der Waals surface area contributed by atoms with Gasteiger partial charge >= 0.3 is 0 Å². The van der Waals surface area contributed by atoms with Crippen molar-refractivity contribution in [1.29, 1.82) is 0 Å². The fourth-order valence-electron chi connectivity index (χ4n) is 3.52. The summed E-state index contributed by atoms with van der Waals surface area (Å²) in [6.45, 7) is 4.07. The summed E-state index contributed by atoms with van der Waals surface area (Å²) in [5, 5.41) is 16.6. The number of ether oxygens (including phenoxy) is 1. The van der Waals surface area contributed by atoms with E-state index in [2.05, 4.69) is 25.9 Å². The van der Waals surface area contributed by atoms with E-state index in [0.717, 1.165) is 0 Å². The van der Waals surface area contributed by atoms with E-state index < -0.39 is 6.04 Å². The van der Waals surface area contributed by atoms with Crippen molar-refractivity contribution in [2.75, 3.05) is 7.11 Å². The number of benzene rings is 1. The van der Waals surface area contributed by atoms with Gasteiger partial charge < -0.3 is 15.0 Å². The lowest BCUT2D eigenvalue weighted by molar-refractivity contribution is -0.148. The van der Waals surface area contributed by atoms with Gasteiger partial charge in [-0.1, -0.05) is 12.1 Å². The van der Waals surface area contributed by atoms with Crippen molar-refractivity contribution in [2.45, 2.75) is 36.1 Å². The highest BCUT2D eigenvalue weighted by atomic mass is 32.2. The molecule has 9 nitrogen and oxygen atoms in total. The van der Waals surface area contributed by atoms with Crippen LogP contribution in [0.2, 0.25) is 0 Å². The number of amides is 2. The van der Waals surface area contributed by atoms with E-state index in [-0.39, 0.29) is 28.0 Å². The summed E-state index contributed by atoms with van der Waals surface area (Å²) in [7, 11) is 1.51. The molecule has 2 unspecified atom stereocenters. The lowest BCUT2D eigenvalue weighted by atomic mass is 9.95. The maximum atomic E-state index is 12.7. The number of carbonyl (C=O) groups excluding carboxylic acids is 2. The zero-order valence-corrected chi connectivity index (χ0v) is 15.3. The van der Waals surface area contributed by atoms with E-state index in [1.165, 1.54) is 7.11 Å². The third-order valence-electron chi connectivity index (χ3n) is 4.70. The van der Waals surface area contributed by atoms with Crippen LogP contribution in [0.25, 0.3) is 0 Å². The average molecular weight is 374 g/mol. The number of aromatic nitrogens is 4. The number of nitrogens with one attached hydrogen (secondary N) is 2. The van der Waals surface area contributed by atoms with Gasteiger partial charge in [-0.15, -0.1) is 16.9 Å². The van der Waals surface area contributed by atoms with Crippen LogP contribution in [0.1, 0.15) is 36.1 Å². The van der Waals surface area contributed by atoms with Gasteiger partial charge in [0.2, 0.25) is 5.91 Å². The van der Waals surface area contributed by atoms with E-state index in [9.17, 15) is 9.59 Å². The van der Waals surface area contributed by atoms with Crippen molar-refractivity contribution in [1.82, 2.24) is 30.8 Å². The van der Waals surface area contributed by atoms with Crippen LogP contribution in [0.4, 0.5) is 0 Å². The Hall–Kier alpha value is -2.62. The standard InChI is InChI=1S/C16H18N6O3S/c1-16(2)11(12-18-20-21-19-12)22-14(24)10(15(22)26-16)17-13(23)8-6-4-5-7-9(8)25-3/h4-7,10-11,15H,1-3H3,(H,17,23)(H,18,19,20,21)/t10?,11?,15-/m1/s1. The molecule has 4 rings (SSSR count). The predicted molar refractivity (Wildman–Crippen MR) is 93.5 cm³/mol. The molecule has 2 aromatic rings. The lowest BCUT2D eigenvalue weighted by Crippen LogP contribution is -2.67. The molecule has 136 valence electrons. The number of nitrogens with zero attached hydrogens (tertiary/aromatic N) is 4. The Bertz CT molecular complexity index is 855. The third-order valence-corrected chi connectivity index (χ3v) is 6.27. The number of methoxy groups -OCH3 is 1. The number of thioether (sulfide) groups is 1. The summed E-state index contributed by atoms with van der Waals surface area (Å²) in [6.07, 6.45) is 0. The number of β-lactam (4-membered cyclic amide) rings is 1. The zero-order chi connectivity index (χ0) is 18.5. The van der Waals surface area contributed by atoms with Crippen molar-refractivity contribution in [3.63, 3.8) is 0 Å². The summed E-state index contributed by atoms with van der Waals surface area (Å²) in [5.41, 5.74) is 0.402. The molecule has 0 radical (unpaired) electrons. The fourth-order valence-corrected chi connectivity index (χ4v) is 5.16. The first-order valence-corrected chi connectivity index (χ1v) is 8.99. The minimum absolute atomic E-state index is 0.141. The van der Waals surface area contributed by atoms with Crippen LogP contribution in [0.5, 0.6) is 5.75 Å². The molecule has 2 N–H and O–H groups in total. The molecular weight excluding hydrogens is 356 g/mol. The van der Waals surface area contributed by atoms with Gasteiger partial charge in [0.15, 0.2) is 5.82 Å². The first-order valence-electron chi connectivity index (χ1n) is 8.11. The quantitative estimate of drug-likeness (QED) is 0.759. The Morgan fingerprint density at radius 3 is 2.85 bits per heavy atom. The molecule has 2 fully saturated rings. The number of tetrazole rings is 1. The van der Waals surface area contributed by atoms with Gasteiger partial charge in [0.25, 0.3) is 5.91 Å². The minimum atomic E-state index is -0.586. The minimum Gasteiger partial charge on any atom is -0.496 e. The molecule has 10 heteroatoms. The molecule has 0 aliphatic carbocycles. The van der Waals surface area contributed by atoms with E-state index in [0.29, 0.717) is 17.1 Å². The number of hydrogen-bond donors (Lipinski definition) is 2. The Morgan fingerprint density at radius 2 is 2.15 bits per heavy atom. The molecule has 0 bridgehead atoms. The number of fused-ring (bicyclic) bond motifs is 1. The molecule has 26 heavy (non-hydrogen) atoms. The number of carbonyl (C=O) groups is 2. The molecular formula is C16H18N6O3S. The molecule has 1 aromatic heterocycles. The maximum Gasteiger partial charge on any atom is 0.255 e. The van der Waals surface area contributed by atoms with E-state index >= 15 is 0 Å². The van der Waals surface area contributed by atoms with Gasteiger partial charge in [-0.25, -0.2) is 5.10 Å². The number of aromatic amines is 1. The molecule has 2 amide bonds. The summed E-state index contributed by atoms with van der Waals surface area (Å²) >= 11 is 1.63. The van der Waals surface area contributed by atoms with E-state index in [1.807, 2.05) is 13.8 Å². The van der Waals surface area contributed by atoms with Gasteiger partial charge in [-0.3, -0.25) is 9.59 Å². The van der Waals surface area contributed by atoms with E-state index in [4.69, 9.17) is 4.74 Å². The largest absolute Gasteiger partial charge is 0.496 e. The fraction of sp³-hybridized carbons (Fsp3) is 0.438. The second-order valence-electron chi connectivity index (χ2n) is 6.70. The SMILES string of the molecule is COc1ccccc1C(=O)NC1C(=O)N2C(c3nnn[nH]3)C(C)(C)S[C@H]12. The van der Waals surface area contributed by atoms with Crippen molar-refractivity contribution >= 4 is 23.6 Å². The van der Waals surface area contributed by atoms with Gasteiger partial charge in [-0.2, -0.15) is 0 Å². The highest BCUT2D eigenvalue weighted by Crippen LogP contribution is 2.56. The molecule has 3 atom stereocenters. The van der Waals surface area contributed by atoms with Crippen LogP contribution in [0, 0.1) is 0 Å². The normalized spacial score (nSPS) is 26.2. The molecule has 2 saturated heterocycles. The highest BCUT2D eigenvalue weighted by molar-refractivity contribution is 8.01. The van der Waals surface area contributed by atoms with Crippen molar-refractivity contribution in [3.8, 4) is 5.75 Å². The topological polar surface area (TPSA) is 113 Å². The number of H-pyrrole nitrogens is 1. The summed E-state index contributed by atoms with van der Waals surface area (Å²) in [4.78, 5) is 27.1. The number of para-hydroxylation sites is 1. The van der Waals surface area contributed by atoms with Crippen LogP contribution in [-0.2, 0) is 4.79 Å². The summed E-state index contributed by atoms with van der Waals surface area (Å²) < 4.78 is 4.94. The molecule has 1 aromatic carbocycles. The molecule has 0 spiro atoms. The van der Waals surface area contributed by atoms with Crippen LogP contribution in [0.15, 0.2) is 24.3 Å². The summed E-state index contributed by atoms with van der Waals surface area (Å²) in [5.74, 6) is 0.549. The number of rotatable bonds is 4. The van der Waals surface area contributed by atoms with Crippen LogP contribution in [0.3, 0.4) is 0 Å². The van der Waals surface area contributed by atoms with Crippen molar-refractivity contribution < 1.29 is 14.3 Å².